The van der Waals surface area contributed by atoms with E-state index in [1.54, 1.807) is 5.57 Å². The quantitative estimate of drug-likeness (QED) is 0.622. The summed E-state index contributed by atoms with van der Waals surface area (Å²) in [5.74, 6) is 0. The van der Waals surface area contributed by atoms with Crippen molar-refractivity contribution in [3.63, 3.8) is 0 Å². The van der Waals surface area contributed by atoms with Crippen molar-refractivity contribution in [1.29, 1.82) is 0 Å². The van der Waals surface area contributed by atoms with E-state index in [4.69, 9.17) is 0 Å². The maximum absolute atomic E-state index is 2.49. The van der Waals surface area contributed by atoms with Gasteiger partial charge in [-0.15, -0.1) is 0 Å². The molecule has 0 N–H and O–H groups in total. The summed E-state index contributed by atoms with van der Waals surface area (Å²) < 4.78 is 0. The van der Waals surface area contributed by atoms with E-state index in [1.165, 1.54) is 54.4 Å². The van der Waals surface area contributed by atoms with Crippen LogP contribution in [0.15, 0.2) is 23.8 Å². The Morgan fingerprint density at radius 2 is 1.53 bits per heavy atom. The lowest BCUT2D eigenvalue weighted by molar-refractivity contribution is 0.597. The first kappa shape index (κ1) is 12.4. The fourth-order valence-electron chi connectivity index (χ4n) is 2.99. The van der Waals surface area contributed by atoms with Gasteiger partial charge >= 0.3 is 0 Å². The molecule has 0 amide bonds. The van der Waals surface area contributed by atoms with Crippen molar-refractivity contribution in [2.75, 3.05) is 0 Å². The van der Waals surface area contributed by atoms with Gasteiger partial charge in [-0.25, -0.2) is 0 Å². The third-order valence-electron chi connectivity index (χ3n) is 3.93. The average Bonchev–Trinajstić information content (AvgIpc) is 2.29. The number of aryl methyl sites for hydroxylation is 3. The zero-order chi connectivity index (χ0) is 12.3. The molecule has 0 aromatic heterocycles. The summed E-state index contributed by atoms with van der Waals surface area (Å²) in [4.78, 5) is 0. The van der Waals surface area contributed by atoms with Crippen LogP contribution in [0.1, 0.15) is 54.4 Å². The molecule has 0 heterocycles. The van der Waals surface area contributed by atoms with Crippen LogP contribution in [0.2, 0.25) is 0 Å². The van der Waals surface area contributed by atoms with Crippen LogP contribution in [-0.4, -0.2) is 0 Å². The highest BCUT2D eigenvalue weighted by Gasteiger charge is 2.06. The second-order valence-electron chi connectivity index (χ2n) is 5.50. The normalized spacial score (nSPS) is 16.1. The third kappa shape index (κ3) is 3.21. The maximum Gasteiger partial charge on any atom is -0.00895 e. The summed E-state index contributed by atoms with van der Waals surface area (Å²) in [6.45, 7) is 6.67. The number of allylic oxidation sites excluding steroid dienone is 2. The Morgan fingerprint density at radius 3 is 2.12 bits per heavy atom. The molecule has 1 aliphatic rings. The van der Waals surface area contributed by atoms with Gasteiger partial charge in [-0.2, -0.15) is 0 Å². The minimum absolute atomic E-state index is 1.13. The van der Waals surface area contributed by atoms with Crippen molar-refractivity contribution in [3.8, 4) is 0 Å². The summed E-state index contributed by atoms with van der Waals surface area (Å²) >= 11 is 0. The molecule has 1 fully saturated rings. The van der Waals surface area contributed by atoms with Crippen LogP contribution in [0.5, 0.6) is 0 Å². The van der Waals surface area contributed by atoms with E-state index in [0.29, 0.717) is 0 Å². The standard InChI is InChI=1S/C17H24/c1-13-11-14(2)17(15(3)12-13)10-9-16-7-5-4-6-8-16/h9,11-12H,4-8,10H2,1-3H3. The molecular formula is C17H24. The van der Waals surface area contributed by atoms with E-state index >= 15 is 0 Å². The second-order valence-corrected chi connectivity index (χ2v) is 5.50. The first-order chi connectivity index (χ1) is 8.16. The van der Waals surface area contributed by atoms with Gasteiger partial charge in [-0.3, -0.25) is 0 Å². The monoisotopic (exact) mass is 228 g/mol. The molecule has 0 unspecified atom stereocenters. The fourth-order valence-corrected chi connectivity index (χ4v) is 2.99. The van der Waals surface area contributed by atoms with Crippen molar-refractivity contribution < 1.29 is 0 Å². The van der Waals surface area contributed by atoms with Crippen LogP contribution in [0.3, 0.4) is 0 Å². The molecule has 1 aromatic carbocycles. The van der Waals surface area contributed by atoms with Crippen LogP contribution in [-0.2, 0) is 6.42 Å². The first-order valence-electron chi connectivity index (χ1n) is 6.91. The van der Waals surface area contributed by atoms with Gasteiger partial charge in [0.2, 0.25) is 0 Å². The SMILES string of the molecule is Cc1cc(C)c(CC=C2CCCCC2)c(C)c1. The Hall–Kier alpha value is -1.04. The lowest BCUT2D eigenvalue weighted by Gasteiger charge is -2.15. The van der Waals surface area contributed by atoms with Crippen molar-refractivity contribution in [3.05, 3.63) is 46.0 Å². The lowest BCUT2D eigenvalue weighted by Crippen LogP contribution is -1.97. The summed E-state index contributed by atoms with van der Waals surface area (Å²) in [6.07, 6.45) is 10.5. The van der Waals surface area contributed by atoms with E-state index in [9.17, 15) is 0 Å². The van der Waals surface area contributed by atoms with E-state index in [-0.39, 0.29) is 0 Å². The van der Waals surface area contributed by atoms with E-state index in [0.717, 1.165) is 6.42 Å². The summed E-state index contributed by atoms with van der Waals surface area (Å²) in [7, 11) is 0. The number of rotatable bonds is 2. The zero-order valence-electron chi connectivity index (χ0n) is 11.5. The Morgan fingerprint density at radius 1 is 0.941 bits per heavy atom. The maximum atomic E-state index is 2.49. The van der Waals surface area contributed by atoms with Crippen molar-refractivity contribution in [2.24, 2.45) is 0 Å². The molecule has 0 bridgehead atoms. The summed E-state index contributed by atoms with van der Waals surface area (Å²) in [5, 5.41) is 0. The molecule has 0 saturated heterocycles. The molecule has 17 heavy (non-hydrogen) atoms. The van der Waals surface area contributed by atoms with Gasteiger partial charge in [-0.05, 0) is 69.6 Å². The van der Waals surface area contributed by atoms with Crippen LogP contribution < -0.4 is 0 Å². The summed E-state index contributed by atoms with van der Waals surface area (Å²) in [5.41, 5.74) is 7.52. The Kier molecular flexibility index (Phi) is 4.04. The molecule has 0 atom stereocenters. The van der Waals surface area contributed by atoms with Crippen LogP contribution in [0.4, 0.5) is 0 Å². The van der Waals surface area contributed by atoms with Crippen molar-refractivity contribution in [2.45, 2.75) is 59.3 Å². The van der Waals surface area contributed by atoms with E-state index in [1.807, 2.05) is 0 Å². The molecule has 0 aliphatic heterocycles. The smallest absolute Gasteiger partial charge is 0.00895 e. The van der Waals surface area contributed by atoms with Gasteiger partial charge in [-0.1, -0.05) is 35.8 Å². The second kappa shape index (κ2) is 5.53. The van der Waals surface area contributed by atoms with Crippen molar-refractivity contribution >= 4 is 0 Å². The number of benzene rings is 1. The highest BCUT2D eigenvalue weighted by atomic mass is 14.1. The lowest BCUT2D eigenvalue weighted by atomic mass is 9.91. The zero-order valence-corrected chi connectivity index (χ0v) is 11.5. The minimum Gasteiger partial charge on any atom is -0.0809 e. The molecule has 92 valence electrons. The van der Waals surface area contributed by atoms with Gasteiger partial charge in [0.1, 0.15) is 0 Å². The first-order valence-corrected chi connectivity index (χ1v) is 6.91. The summed E-state index contributed by atoms with van der Waals surface area (Å²) in [6, 6.07) is 4.61. The molecular weight excluding hydrogens is 204 g/mol. The molecule has 0 nitrogen and oxygen atoms in total. The minimum atomic E-state index is 1.13. The highest BCUT2D eigenvalue weighted by molar-refractivity contribution is 5.39. The molecule has 1 saturated carbocycles. The Balaban J connectivity index is 2.13. The highest BCUT2D eigenvalue weighted by Crippen LogP contribution is 2.24. The van der Waals surface area contributed by atoms with E-state index < -0.39 is 0 Å². The molecule has 0 spiro atoms. The molecule has 0 heteroatoms. The van der Waals surface area contributed by atoms with Crippen LogP contribution in [0.25, 0.3) is 0 Å². The molecule has 1 aromatic rings. The molecule has 2 rings (SSSR count). The third-order valence-corrected chi connectivity index (χ3v) is 3.93. The van der Waals surface area contributed by atoms with Gasteiger partial charge in [0.05, 0.1) is 0 Å². The molecule has 1 aliphatic carbocycles. The van der Waals surface area contributed by atoms with Gasteiger partial charge in [0.15, 0.2) is 0 Å². The predicted molar refractivity (Wildman–Crippen MR) is 75.5 cm³/mol. The number of hydrogen-bond acceptors (Lipinski definition) is 0. The average molecular weight is 228 g/mol. The van der Waals surface area contributed by atoms with Crippen LogP contribution in [0, 0.1) is 20.8 Å². The fraction of sp³-hybridized carbons (Fsp3) is 0.529. The Bertz CT molecular complexity index is 393. The van der Waals surface area contributed by atoms with Gasteiger partial charge in [0, 0.05) is 0 Å². The van der Waals surface area contributed by atoms with Gasteiger partial charge in [0.25, 0.3) is 0 Å². The molecule has 0 radical (unpaired) electrons. The van der Waals surface area contributed by atoms with E-state index in [2.05, 4.69) is 39.0 Å². The number of hydrogen-bond donors (Lipinski definition) is 0. The largest absolute Gasteiger partial charge is 0.0809 e. The predicted octanol–water partition coefficient (Wildman–Crippen LogP) is 5.04. The van der Waals surface area contributed by atoms with Gasteiger partial charge < -0.3 is 0 Å². The van der Waals surface area contributed by atoms with Crippen LogP contribution >= 0.6 is 0 Å². The Labute approximate surface area is 106 Å². The topological polar surface area (TPSA) is 0 Å². The van der Waals surface area contributed by atoms with Crippen molar-refractivity contribution in [1.82, 2.24) is 0 Å².